The van der Waals surface area contributed by atoms with Gasteiger partial charge in [0.05, 0.1) is 12.4 Å². The summed E-state index contributed by atoms with van der Waals surface area (Å²) in [6, 6.07) is 0.0207. The summed E-state index contributed by atoms with van der Waals surface area (Å²) in [5, 5.41) is 0. The molecule has 2 heterocycles. The summed E-state index contributed by atoms with van der Waals surface area (Å²) in [7, 11) is -3.13. The van der Waals surface area contributed by atoms with Crippen molar-refractivity contribution in [1.29, 1.82) is 0 Å². The van der Waals surface area contributed by atoms with Crippen molar-refractivity contribution in [3.8, 4) is 0 Å². The predicted molar refractivity (Wildman–Crippen MR) is 68.7 cm³/mol. The van der Waals surface area contributed by atoms with Crippen LogP contribution in [-0.2, 0) is 14.8 Å². The van der Waals surface area contributed by atoms with Gasteiger partial charge in [-0.3, -0.25) is 0 Å². The molecule has 2 aliphatic heterocycles. The second-order valence-electron chi connectivity index (χ2n) is 4.65. The number of halogens is 1. The zero-order valence-electron chi connectivity index (χ0n) is 9.88. The quantitative estimate of drug-likeness (QED) is 0.800. The first-order chi connectivity index (χ1) is 7.63. The first-order valence-corrected chi connectivity index (χ1v) is 7.52. The smallest absolute Gasteiger partial charge is 0.214 e. The monoisotopic (exact) mass is 284 g/mol. The Balaban J connectivity index is 0.00000144. The van der Waals surface area contributed by atoms with Crippen molar-refractivity contribution in [1.82, 2.24) is 4.31 Å². The average Bonchev–Trinajstić information content (AvgIpc) is 2.85. The van der Waals surface area contributed by atoms with E-state index in [2.05, 4.69) is 0 Å². The van der Waals surface area contributed by atoms with Gasteiger partial charge < -0.3 is 10.5 Å². The summed E-state index contributed by atoms with van der Waals surface area (Å²) in [4.78, 5) is 0. The Kier molecular flexibility index (Phi) is 5.66. The molecular formula is C10H21ClN2O3S. The van der Waals surface area contributed by atoms with Gasteiger partial charge in [0.2, 0.25) is 10.0 Å². The molecule has 2 unspecified atom stereocenters. The summed E-state index contributed by atoms with van der Waals surface area (Å²) in [6.45, 7) is 2.35. The molecule has 0 aromatic heterocycles. The van der Waals surface area contributed by atoms with Crippen molar-refractivity contribution >= 4 is 22.4 Å². The maximum Gasteiger partial charge on any atom is 0.214 e. The molecule has 0 aromatic carbocycles. The average molecular weight is 285 g/mol. The maximum absolute atomic E-state index is 12.2. The van der Waals surface area contributed by atoms with E-state index in [0.717, 1.165) is 19.3 Å². The molecule has 0 spiro atoms. The topological polar surface area (TPSA) is 72.6 Å². The summed E-state index contributed by atoms with van der Waals surface area (Å²) in [5.74, 6) is 0.396. The number of nitrogens with zero attached hydrogens (tertiary/aromatic N) is 1. The minimum absolute atomic E-state index is 0. The van der Waals surface area contributed by atoms with Crippen LogP contribution in [0.2, 0.25) is 0 Å². The van der Waals surface area contributed by atoms with Crippen LogP contribution in [0.25, 0.3) is 0 Å². The highest BCUT2D eigenvalue weighted by Gasteiger charge is 2.35. The van der Waals surface area contributed by atoms with E-state index < -0.39 is 10.0 Å². The van der Waals surface area contributed by atoms with Crippen LogP contribution in [-0.4, -0.2) is 50.8 Å². The fourth-order valence-electron chi connectivity index (χ4n) is 2.52. The number of hydrogen-bond donors (Lipinski definition) is 1. The van der Waals surface area contributed by atoms with E-state index in [4.69, 9.17) is 10.5 Å². The normalized spacial score (nSPS) is 30.4. The molecule has 2 rings (SSSR count). The molecule has 0 bridgehead atoms. The van der Waals surface area contributed by atoms with E-state index in [-0.39, 0.29) is 30.1 Å². The van der Waals surface area contributed by atoms with Crippen LogP contribution in [0, 0.1) is 5.92 Å². The molecule has 2 atom stereocenters. The van der Waals surface area contributed by atoms with Crippen molar-refractivity contribution in [3.05, 3.63) is 0 Å². The molecule has 0 aliphatic carbocycles. The maximum atomic E-state index is 12.2. The van der Waals surface area contributed by atoms with Crippen LogP contribution in [0.3, 0.4) is 0 Å². The molecule has 17 heavy (non-hydrogen) atoms. The molecule has 102 valence electrons. The summed E-state index contributed by atoms with van der Waals surface area (Å²) >= 11 is 0. The van der Waals surface area contributed by atoms with Crippen molar-refractivity contribution in [3.63, 3.8) is 0 Å². The molecule has 0 radical (unpaired) electrons. The van der Waals surface area contributed by atoms with Crippen molar-refractivity contribution in [2.24, 2.45) is 11.7 Å². The third-order valence-corrected chi connectivity index (χ3v) is 5.51. The molecule has 7 heteroatoms. The highest BCUT2D eigenvalue weighted by Crippen LogP contribution is 2.24. The van der Waals surface area contributed by atoms with Gasteiger partial charge in [0.15, 0.2) is 0 Å². The first kappa shape index (κ1) is 15.2. The molecule has 0 amide bonds. The lowest BCUT2D eigenvalue weighted by Gasteiger charge is -2.24. The SMILES string of the molecule is Cl.NCC1CCCN1S(=O)(=O)CC1CCOC1. The van der Waals surface area contributed by atoms with Crippen LogP contribution in [0.4, 0.5) is 0 Å². The zero-order valence-corrected chi connectivity index (χ0v) is 11.5. The molecule has 2 N–H and O–H groups in total. The summed E-state index contributed by atoms with van der Waals surface area (Å²) in [5.41, 5.74) is 5.60. The number of nitrogens with two attached hydrogens (primary N) is 1. The molecular weight excluding hydrogens is 264 g/mol. The Labute approximate surface area is 109 Å². The number of rotatable bonds is 4. The minimum atomic E-state index is -3.13. The standard InChI is InChI=1S/C10H20N2O3S.ClH/c11-6-10-2-1-4-12(10)16(13,14)8-9-3-5-15-7-9;/h9-10H,1-8,11H2;1H. The Morgan fingerprint density at radius 3 is 2.71 bits per heavy atom. The van der Waals surface area contributed by atoms with E-state index in [9.17, 15) is 8.42 Å². The van der Waals surface area contributed by atoms with Gasteiger partial charge in [-0.15, -0.1) is 12.4 Å². The molecule has 2 saturated heterocycles. The Morgan fingerprint density at radius 1 is 1.35 bits per heavy atom. The lowest BCUT2D eigenvalue weighted by atomic mass is 10.2. The summed E-state index contributed by atoms with van der Waals surface area (Å²) in [6.07, 6.45) is 2.69. The number of ether oxygens (including phenoxy) is 1. The van der Waals surface area contributed by atoms with Crippen LogP contribution in [0.15, 0.2) is 0 Å². The van der Waals surface area contributed by atoms with Crippen LogP contribution in [0.5, 0.6) is 0 Å². The highest BCUT2D eigenvalue weighted by molar-refractivity contribution is 7.89. The van der Waals surface area contributed by atoms with Gasteiger partial charge in [0, 0.05) is 25.7 Å². The van der Waals surface area contributed by atoms with Crippen molar-refractivity contribution in [2.45, 2.75) is 25.3 Å². The zero-order chi connectivity index (χ0) is 11.6. The number of hydrogen-bond acceptors (Lipinski definition) is 4. The van der Waals surface area contributed by atoms with E-state index >= 15 is 0 Å². The van der Waals surface area contributed by atoms with Gasteiger partial charge in [-0.25, -0.2) is 8.42 Å². The third kappa shape index (κ3) is 3.54. The van der Waals surface area contributed by atoms with Crippen LogP contribution in [0.1, 0.15) is 19.3 Å². The fraction of sp³-hybridized carbons (Fsp3) is 1.00. The lowest BCUT2D eigenvalue weighted by molar-refractivity contribution is 0.188. The molecule has 0 saturated carbocycles. The minimum Gasteiger partial charge on any atom is -0.381 e. The Bertz CT molecular complexity index is 330. The van der Waals surface area contributed by atoms with Crippen LogP contribution < -0.4 is 5.73 Å². The Hall–Kier alpha value is 0.120. The van der Waals surface area contributed by atoms with Gasteiger partial charge in [-0.1, -0.05) is 0 Å². The van der Waals surface area contributed by atoms with Crippen LogP contribution >= 0.6 is 12.4 Å². The second kappa shape index (κ2) is 6.33. The molecule has 2 fully saturated rings. The van der Waals surface area contributed by atoms with Gasteiger partial charge in [0.1, 0.15) is 0 Å². The fourth-order valence-corrected chi connectivity index (χ4v) is 4.62. The lowest BCUT2D eigenvalue weighted by Crippen LogP contribution is -2.42. The van der Waals surface area contributed by atoms with Gasteiger partial charge in [-0.2, -0.15) is 4.31 Å². The van der Waals surface area contributed by atoms with E-state index in [1.165, 1.54) is 0 Å². The molecule has 2 aliphatic rings. The van der Waals surface area contributed by atoms with E-state index in [1.807, 2.05) is 0 Å². The summed E-state index contributed by atoms with van der Waals surface area (Å²) < 4.78 is 31.2. The first-order valence-electron chi connectivity index (χ1n) is 5.91. The van der Waals surface area contributed by atoms with E-state index in [0.29, 0.717) is 26.3 Å². The third-order valence-electron chi connectivity index (χ3n) is 3.42. The second-order valence-corrected chi connectivity index (χ2v) is 6.62. The highest BCUT2D eigenvalue weighted by atomic mass is 35.5. The largest absolute Gasteiger partial charge is 0.381 e. The molecule has 0 aromatic rings. The Morgan fingerprint density at radius 2 is 2.12 bits per heavy atom. The van der Waals surface area contributed by atoms with Gasteiger partial charge >= 0.3 is 0 Å². The van der Waals surface area contributed by atoms with Gasteiger partial charge in [0.25, 0.3) is 0 Å². The predicted octanol–water partition coefficient (Wildman–Crippen LogP) is 0.198. The van der Waals surface area contributed by atoms with E-state index in [1.54, 1.807) is 4.31 Å². The number of sulfonamides is 1. The molecule has 5 nitrogen and oxygen atoms in total. The van der Waals surface area contributed by atoms with Gasteiger partial charge in [-0.05, 0) is 25.2 Å². The van der Waals surface area contributed by atoms with Crippen molar-refractivity contribution in [2.75, 3.05) is 32.1 Å². The van der Waals surface area contributed by atoms with Crippen molar-refractivity contribution < 1.29 is 13.2 Å².